The van der Waals surface area contributed by atoms with Crippen LogP contribution in [-0.2, 0) is 6.50 Å². The summed E-state index contributed by atoms with van der Waals surface area (Å²) in [5, 5.41) is 5.76. The Kier molecular flexibility index (Phi) is 6.31. The van der Waals surface area contributed by atoms with Crippen LogP contribution in [0.3, 0.4) is 0 Å². The van der Waals surface area contributed by atoms with Crippen LogP contribution in [0.2, 0.25) is 0 Å². The smallest absolute Gasteiger partial charge is 0.251 e. The Hall–Kier alpha value is -2.35. The lowest BCUT2D eigenvalue weighted by Crippen LogP contribution is -2.43. The maximum atomic E-state index is 12.9. The van der Waals surface area contributed by atoms with Crippen LogP contribution in [0.5, 0.6) is 0 Å². The van der Waals surface area contributed by atoms with Crippen molar-refractivity contribution in [3.63, 3.8) is 0 Å². The van der Waals surface area contributed by atoms with Gasteiger partial charge in [0.2, 0.25) is 0 Å². The van der Waals surface area contributed by atoms with Crippen molar-refractivity contribution in [3.05, 3.63) is 71.3 Å². The number of hydrogen-bond donors (Lipinski definition) is 2. The highest BCUT2D eigenvalue weighted by molar-refractivity contribution is 5.94. The van der Waals surface area contributed by atoms with Gasteiger partial charge in [0.25, 0.3) is 5.91 Å². The van der Waals surface area contributed by atoms with Gasteiger partial charge in [-0.2, -0.15) is 0 Å². The molecule has 33 heavy (non-hydrogen) atoms. The zero-order valence-electron chi connectivity index (χ0n) is 26.5. The largest absolute Gasteiger partial charge is 0.349 e. The van der Waals surface area contributed by atoms with Crippen LogP contribution >= 0.6 is 0 Å². The second kappa shape index (κ2) is 12.8. The molecular formula is C26H36F2N4O. The predicted molar refractivity (Wildman–Crippen MR) is 128 cm³/mol. The van der Waals surface area contributed by atoms with Crippen molar-refractivity contribution in [1.82, 2.24) is 20.4 Å². The van der Waals surface area contributed by atoms with E-state index in [1.54, 1.807) is 0 Å². The number of carbonyl (C=O) groups is 1. The fraction of sp³-hybridized carbons (Fsp3) is 0.500. The molecule has 2 aromatic carbocycles. The van der Waals surface area contributed by atoms with Crippen molar-refractivity contribution in [2.75, 3.05) is 40.1 Å². The molecule has 0 radical (unpaired) electrons. The Labute approximate surface area is 207 Å². The number of nitrogens with zero attached hydrogens (tertiary/aromatic N) is 2. The Morgan fingerprint density at radius 2 is 1.36 bits per heavy atom. The third-order valence-corrected chi connectivity index (χ3v) is 5.70. The molecule has 0 saturated carbocycles. The minimum absolute atomic E-state index is 0.0360. The Morgan fingerprint density at radius 1 is 0.879 bits per heavy atom. The highest BCUT2D eigenvalue weighted by Gasteiger charge is 2.19. The molecule has 2 saturated heterocycles. The number of likely N-dealkylation sites (tertiary alicyclic amines) is 2. The molecule has 0 aromatic heterocycles. The lowest BCUT2D eigenvalue weighted by molar-refractivity contribution is 0.0917. The maximum Gasteiger partial charge on any atom is 0.251 e. The molecule has 2 aromatic rings. The number of halogens is 2. The number of rotatable bonds is 5. The summed E-state index contributed by atoms with van der Waals surface area (Å²) in [5.74, 6) is -1.04. The van der Waals surface area contributed by atoms with E-state index in [0.29, 0.717) is 63.0 Å². The molecule has 2 heterocycles. The van der Waals surface area contributed by atoms with E-state index in [1.807, 2.05) is 0 Å². The summed E-state index contributed by atoms with van der Waals surface area (Å²) >= 11 is 0. The quantitative estimate of drug-likeness (QED) is 0.706. The molecule has 2 aliphatic rings. The molecule has 0 aliphatic carbocycles. The van der Waals surface area contributed by atoms with Crippen molar-refractivity contribution >= 4 is 5.91 Å². The van der Waals surface area contributed by atoms with Crippen LogP contribution in [0.1, 0.15) is 52.6 Å². The van der Waals surface area contributed by atoms with Gasteiger partial charge in [0.15, 0.2) is 0 Å². The van der Waals surface area contributed by atoms with Gasteiger partial charge in [-0.15, -0.1) is 0 Å². The molecule has 0 spiro atoms. The van der Waals surface area contributed by atoms with Crippen molar-refractivity contribution in [2.45, 2.75) is 44.3 Å². The fourth-order valence-electron chi connectivity index (χ4n) is 3.64. The Balaban J connectivity index is 0.000000226. The molecule has 5 nitrogen and oxygen atoms in total. The maximum absolute atomic E-state index is 12.9. The molecule has 7 heteroatoms. The average Bonchev–Trinajstić information content (AvgIpc) is 2.89. The second-order valence-corrected chi connectivity index (χ2v) is 8.28. The van der Waals surface area contributed by atoms with E-state index in [2.05, 4.69) is 10.6 Å². The van der Waals surface area contributed by atoms with E-state index in [1.165, 1.54) is 58.3 Å². The summed E-state index contributed by atoms with van der Waals surface area (Å²) in [6.45, 7) is -4.22. The van der Waals surface area contributed by atoms with Gasteiger partial charge in [0.1, 0.15) is 11.6 Å². The number of hydrogen-bond acceptors (Lipinski definition) is 4. The lowest BCUT2D eigenvalue weighted by Gasteiger charge is -2.29. The van der Waals surface area contributed by atoms with Crippen molar-refractivity contribution in [1.29, 1.82) is 0 Å². The van der Waals surface area contributed by atoms with E-state index in [0.717, 1.165) is 0 Å². The van der Waals surface area contributed by atoms with Crippen molar-refractivity contribution < 1.29 is 24.5 Å². The van der Waals surface area contributed by atoms with E-state index < -0.39 is 26.3 Å². The first-order valence-electron chi connectivity index (χ1n) is 15.1. The molecule has 2 aliphatic heterocycles. The van der Waals surface area contributed by atoms with Gasteiger partial charge in [-0.1, -0.05) is 12.1 Å². The normalized spacial score (nSPS) is 23.2. The van der Waals surface area contributed by atoms with Gasteiger partial charge in [-0.25, -0.2) is 8.78 Å². The van der Waals surface area contributed by atoms with Crippen molar-refractivity contribution in [2.24, 2.45) is 0 Å². The molecule has 4 rings (SSSR count). The molecule has 2 N–H and O–H groups in total. The van der Waals surface area contributed by atoms with E-state index in [4.69, 9.17) is 11.0 Å². The summed E-state index contributed by atoms with van der Waals surface area (Å²) in [5.41, 5.74) is 0.770. The fourth-order valence-corrected chi connectivity index (χ4v) is 3.64. The SMILES string of the molecule is [2H]C([2H])(NC1CCN(C([2H])([2H])[2H])CC1)c1ccc(F)cc1.[2H]C([2H])([2H])N1CCC(NC(=O)c2ccc(F)cc2)CC1. The van der Waals surface area contributed by atoms with E-state index >= 15 is 0 Å². The molecule has 1 amide bonds. The van der Waals surface area contributed by atoms with Gasteiger partial charge in [-0.3, -0.25) is 4.79 Å². The van der Waals surface area contributed by atoms with Crippen LogP contribution in [0.15, 0.2) is 48.5 Å². The Bertz CT molecular complexity index is 1110. The molecule has 0 bridgehead atoms. The monoisotopic (exact) mass is 466 g/mol. The molecule has 180 valence electrons. The molecule has 0 unspecified atom stereocenters. The number of amides is 1. The first-order valence-corrected chi connectivity index (χ1v) is 11.1. The minimum Gasteiger partial charge on any atom is -0.349 e. The van der Waals surface area contributed by atoms with Crippen LogP contribution in [0.4, 0.5) is 8.78 Å². The highest BCUT2D eigenvalue weighted by Crippen LogP contribution is 2.11. The van der Waals surface area contributed by atoms with Crippen molar-refractivity contribution in [3.8, 4) is 0 Å². The second-order valence-electron chi connectivity index (χ2n) is 8.28. The van der Waals surface area contributed by atoms with E-state index in [9.17, 15) is 13.6 Å². The zero-order chi connectivity index (χ0) is 30.4. The van der Waals surface area contributed by atoms with Gasteiger partial charge in [0, 0.05) is 35.1 Å². The van der Waals surface area contributed by atoms with Gasteiger partial charge >= 0.3 is 0 Å². The Morgan fingerprint density at radius 3 is 1.88 bits per heavy atom. The highest BCUT2D eigenvalue weighted by atomic mass is 19.1. The van der Waals surface area contributed by atoms with E-state index in [-0.39, 0.29) is 23.8 Å². The third-order valence-electron chi connectivity index (χ3n) is 5.70. The molecule has 0 atom stereocenters. The molecular weight excluding hydrogens is 422 g/mol. The number of benzene rings is 2. The van der Waals surface area contributed by atoms with Crippen LogP contribution in [0, 0.1) is 11.6 Å². The van der Waals surface area contributed by atoms with Crippen LogP contribution < -0.4 is 10.6 Å². The predicted octanol–water partition coefficient (Wildman–Crippen LogP) is 3.66. The summed E-state index contributed by atoms with van der Waals surface area (Å²) in [4.78, 5) is 14.8. The lowest BCUT2D eigenvalue weighted by atomic mass is 10.0. The topological polar surface area (TPSA) is 47.6 Å². The summed E-state index contributed by atoms with van der Waals surface area (Å²) in [7, 11) is 0. The first-order chi connectivity index (χ1) is 19.0. The number of carbonyl (C=O) groups excluding carboxylic acids is 1. The van der Waals surface area contributed by atoms with Gasteiger partial charge in [0.05, 0.1) is 0 Å². The average molecular weight is 467 g/mol. The minimum atomic E-state index is -2.08. The van der Waals surface area contributed by atoms with Crippen LogP contribution in [-0.4, -0.2) is 67.9 Å². The standard InChI is InChI=1S/C13H17FN2O.C13H19FN2/c1-16-8-6-12(7-9-16)15-13(17)10-2-4-11(14)5-3-10;1-16-8-6-13(7-9-16)15-10-11-2-4-12(14)5-3-11/h2-5,12H,6-9H2,1H3,(H,15,17);2-5,13,15H,6-10H2,1H3/i1D3;1D3,10D2. The summed E-state index contributed by atoms with van der Waals surface area (Å²) < 4.78 is 85.8. The molecule has 2 fully saturated rings. The van der Waals surface area contributed by atoms with Gasteiger partial charge in [-0.05, 0) is 108 Å². The number of piperidine rings is 2. The summed E-state index contributed by atoms with van der Waals surface area (Å²) in [6, 6.07) is 10.5. The zero-order valence-corrected chi connectivity index (χ0v) is 18.5. The van der Waals surface area contributed by atoms with Crippen LogP contribution in [0.25, 0.3) is 0 Å². The third kappa shape index (κ3) is 8.84. The van der Waals surface area contributed by atoms with Gasteiger partial charge < -0.3 is 20.4 Å². The first kappa shape index (κ1) is 16.3. The number of nitrogens with one attached hydrogen (secondary N) is 2. The summed E-state index contributed by atoms with van der Waals surface area (Å²) in [6.07, 6.45) is 2.34.